The molecule has 66 valence electrons. The van der Waals surface area contributed by atoms with E-state index in [9.17, 15) is 10.2 Å². The summed E-state index contributed by atoms with van der Waals surface area (Å²) in [6.07, 6.45) is 0.621. The van der Waals surface area contributed by atoms with Gasteiger partial charge in [-0.3, -0.25) is 0 Å². The van der Waals surface area contributed by atoms with Crippen molar-refractivity contribution in [3.63, 3.8) is 0 Å². The zero-order valence-electron chi connectivity index (χ0n) is 6.51. The van der Waals surface area contributed by atoms with Gasteiger partial charge in [0.1, 0.15) is 10.6 Å². The van der Waals surface area contributed by atoms with Crippen molar-refractivity contribution in [3.8, 4) is 0 Å². The van der Waals surface area contributed by atoms with Gasteiger partial charge < -0.3 is 10.2 Å². The zero-order chi connectivity index (χ0) is 9.07. The molecular weight excluding hydrogens is 187 g/mol. The minimum absolute atomic E-state index is 0.0359. The molecule has 0 aromatic heterocycles. The van der Waals surface area contributed by atoms with Crippen molar-refractivity contribution in [2.24, 2.45) is 0 Å². The van der Waals surface area contributed by atoms with Gasteiger partial charge in [0.25, 0.3) is 0 Å². The standard InChI is InChI=1S/C7H12Cl2O2/c1-3-7(2,11)5(10)4-6(8)9/h4-5,10-11H,3H2,1-2H3/t5-,7+/m0/s1. The first-order valence-electron chi connectivity index (χ1n) is 3.33. The number of hydrogen-bond acceptors (Lipinski definition) is 2. The van der Waals surface area contributed by atoms with Crippen LogP contribution >= 0.6 is 23.2 Å². The average molecular weight is 199 g/mol. The molecule has 0 amide bonds. The Morgan fingerprint density at radius 2 is 2.09 bits per heavy atom. The van der Waals surface area contributed by atoms with E-state index in [1.807, 2.05) is 0 Å². The molecule has 0 fully saturated rings. The van der Waals surface area contributed by atoms with Gasteiger partial charge in [0.2, 0.25) is 0 Å². The molecule has 2 nitrogen and oxygen atoms in total. The molecule has 0 radical (unpaired) electrons. The molecular formula is C7H12Cl2O2. The molecule has 0 heterocycles. The van der Waals surface area contributed by atoms with E-state index in [-0.39, 0.29) is 4.49 Å². The molecule has 2 N–H and O–H groups in total. The molecule has 0 aliphatic carbocycles. The quantitative estimate of drug-likeness (QED) is 0.727. The van der Waals surface area contributed by atoms with Crippen LogP contribution in [0.1, 0.15) is 20.3 Å². The van der Waals surface area contributed by atoms with Crippen LogP contribution in [0, 0.1) is 0 Å². The summed E-state index contributed by atoms with van der Waals surface area (Å²) in [5, 5.41) is 18.7. The summed E-state index contributed by atoms with van der Waals surface area (Å²) >= 11 is 10.6. The van der Waals surface area contributed by atoms with Crippen molar-refractivity contribution < 1.29 is 10.2 Å². The normalized spacial score (nSPS) is 18.7. The van der Waals surface area contributed by atoms with Crippen LogP contribution in [0.2, 0.25) is 0 Å². The molecule has 0 spiro atoms. The first-order chi connectivity index (χ1) is 4.90. The Bertz CT molecular complexity index is 151. The van der Waals surface area contributed by atoms with Crippen molar-refractivity contribution in [2.75, 3.05) is 0 Å². The van der Waals surface area contributed by atoms with E-state index in [0.717, 1.165) is 0 Å². The van der Waals surface area contributed by atoms with E-state index in [2.05, 4.69) is 0 Å². The Morgan fingerprint density at radius 1 is 1.64 bits per heavy atom. The van der Waals surface area contributed by atoms with Gasteiger partial charge in [-0.15, -0.1) is 0 Å². The van der Waals surface area contributed by atoms with Crippen LogP contribution in [0.4, 0.5) is 0 Å². The van der Waals surface area contributed by atoms with Crippen molar-refractivity contribution in [3.05, 3.63) is 10.6 Å². The molecule has 0 saturated carbocycles. The van der Waals surface area contributed by atoms with Crippen molar-refractivity contribution in [1.29, 1.82) is 0 Å². The molecule has 11 heavy (non-hydrogen) atoms. The third kappa shape index (κ3) is 3.97. The minimum atomic E-state index is -1.16. The predicted molar refractivity (Wildman–Crippen MR) is 46.7 cm³/mol. The van der Waals surface area contributed by atoms with E-state index in [1.54, 1.807) is 6.92 Å². The predicted octanol–water partition coefficient (Wildman–Crippen LogP) is 1.83. The summed E-state index contributed by atoms with van der Waals surface area (Å²) in [5.74, 6) is 0. The van der Waals surface area contributed by atoms with Gasteiger partial charge in [0, 0.05) is 0 Å². The summed E-state index contributed by atoms with van der Waals surface area (Å²) < 4.78 is -0.0359. The number of rotatable bonds is 3. The summed E-state index contributed by atoms with van der Waals surface area (Å²) in [6.45, 7) is 3.28. The fourth-order valence-electron chi connectivity index (χ4n) is 0.508. The van der Waals surface area contributed by atoms with Crippen LogP contribution in [-0.2, 0) is 0 Å². The molecule has 0 aromatic rings. The zero-order valence-corrected chi connectivity index (χ0v) is 8.02. The maximum absolute atomic E-state index is 9.43. The van der Waals surface area contributed by atoms with Crippen LogP contribution in [0.15, 0.2) is 10.6 Å². The van der Waals surface area contributed by atoms with Gasteiger partial charge in [0.15, 0.2) is 0 Å². The fourth-order valence-corrected chi connectivity index (χ4v) is 0.747. The monoisotopic (exact) mass is 198 g/mol. The number of halogens is 2. The second-order valence-corrected chi connectivity index (χ2v) is 3.62. The average Bonchev–Trinajstić information content (AvgIpc) is 1.86. The Balaban J connectivity index is 4.24. The van der Waals surface area contributed by atoms with Crippen LogP contribution in [-0.4, -0.2) is 21.9 Å². The molecule has 0 bridgehead atoms. The van der Waals surface area contributed by atoms with Gasteiger partial charge in [0.05, 0.1) is 5.60 Å². The minimum Gasteiger partial charge on any atom is -0.387 e. The Morgan fingerprint density at radius 3 is 2.36 bits per heavy atom. The highest BCUT2D eigenvalue weighted by atomic mass is 35.5. The van der Waals surface area contributed by atoms with Crippen molar-refractivity contribution in [1.82, 2.24) is 0 Å². The van der Waals surface area contributed by atoms with Gasteiger partial charge in [-0.05, 0) is 19.4 Å². The summed E-state index contributed by atoms with van der Waals surface area (Å²) in [5.41, 5.74) is -1.16. The lowest BCUT2D eigenvalue weighted by Crippen LogP contribution is -2.37. The lowest BCUT2D eigenvalue weighted by atomic mass is 9.96. The maximum atomic E-state index is 9.43. The lowest BCUT2D eigenvalue weighted by Gasteiger charge is -2.25. The topological polar surface area (TPSA) is 40.5 Å². The third-order valence-electron chi connectivity index (χ3n) is 1.64. The molecule has 0 aliphatic heterocycles. The van der Waals surface area contributed by atoms with Gasteiger partial charge in [-0.1, -0.05) is 30.1 Å². The molecule has 0 aliphatic rings. The van der Waals surface area contributed by atoms with Crippen molar-refractivity contribution >= 4 is 23.2 Å². The highest BCUT2D eigenvalue weighted by Gasteiger charge is 2.26. The number of hydrogen-bond donors (Lipinski definition) is 2. The van der Waals surface area contributed by atoms with Crippen LogP contribution in [0.25, 0.3) is 0 Å². The van der Waals surface area contributed by atoms with E-state index in [4.69, 9.17) is 23.2 Å². The molecule has 0 rings (SSSR count). The second kappa shape index (κ2) is 4.31. The molecule has 4 heteroatoms. The van der Waals surface area contributed by atoms with Gasteiger partial charge in [-0.25, -0.2) is 0 Å². The highest BCUT2D eigenvalue weighted by molar-refractivity contribution is 6.55. The van der Waals surface area contributed by atoms with E-state index >= 15 is 0 Å². The summed E-state index contributed by atoms with van der Waals surface area (Å²) in [4.78, 5) is 0. The number of aliphatic hydroxyl groups is 2. The van der Waals surface area contributed by atoms with Crippen molar-refractivity contribution in [2.45, 2.75) is 32.0 Å². The third-order valence-corrected chi connectivity index (χ3v) is 1.89. The van der Waals surface area contributed by atoms with Crippen LogP contribution in [0.5, 0.6) is 0 Å². The van der Waals surface area contributed by atoms with E-state index in [0.29, 0.717) is 6.42 Å². The first kappa shape index (κ1) is 11.2. The van der Waals surface area contributed by atoms with Crippen LogP contribution in [0.3, 0.4) is 0 Å². The molecule has 2 atom stereocenters. The lowest BCUT2D eigenvalue weighted by molar-refractivity contribution is -0.0399. The summed E-state index contributed by atoms with van der Waals surface area (Å²) in [7, 11) is 0. The molecule has 0 aromatic carbocycles. The summed E-state index contributed by atoms with van der Waals surface area (Å²) in [6, 6.07) is 0. The van der Waals surface area contributed by atoms with E-state index < -0.39 is 11.7 Å². The Labute approximate surface area is 76.4 Å². The maximum Gasteiger partial charge on any atom is 0.105 e. The smallest absolute Gasteiger partial charge is 0.105 e. The molecule has 0 unspecified atom stereocenters. The van der Waals surface area contributed by atoms with Gasteiger partial charge in [-0.2, -0.15) is 0 Å². The fraction of sp³-hybridized carbons (Fsp3) is 0.714. The second-order valence-electron chi connectivity index (χ2n) is 2.61. The van der Waals surface area contributed by atoms with Crippen LogP contribution < -0.4 is 0 Å². The van der Waals surface area contributed by atoms with E-state index in [1.165, 1.54) is 13.0 Å². The van der Waals surface area contributed by atoms with Gasteiger partial charge >= 0.3 is 0 Å². The first-order valence-corrected chi connectivity index (χ1v) is 4.09. The SMILES string of the molecule is CC[C@@](C)(O)[C@@H](O)C=C(Cl)Cl. The number of aliphatic hydroxyl groups excluding tert-OH is 1. The largest absolute Gasteiger partial charge is 0.387 e. The highest BCUT2D eigenvalue weighted by Crippen LogP contribution is 2.18. The molecule has 0 saturated heterocycles. The Kier molecular flexibility index (Phi) is 4.41. The Hall–Kier alpha value is 0.240.